The zero-order valence-corrected chi connectivity index (χ0v) is 18.5. The summed E-state index contributed by atoms with van der Waals surface area (Å²) in [6.07, 6.45) is 0. The summed E-state index contributed by atoms with van der Waals surface area (Å²) < 4.78 is 16.3. The lowest BCUT2D eigenvalue weighted by molar-refractivity contribution is -0.140. The van der Waals surface area contributed by atoms with Crippen molar-refractivity contribution in [3.63, 3.8) is 0 Å². The second-order valence-corrected chi connectivity index (χ2v) is 8.17. The highest BCUT2D eigenvalue weighted by Gasteiger charge is 2.46. The van der Waals surface area contributed by atoms with Crippen molar-refractivity contribution in [2.24, 2.45) is 0 Å². The summed E-state index contributed by atoms with van der Waals surface area (Å²) in [6, 6.07) is 12.1. The van der Waals surface area contributed by atoms with Crippen molar-refractivity contribution in [2.75, 3.05) is 33.5 Å². The first-order valence-electron chi connectivity index (χ1n) is 10.7. The van der Waals surface area contributed by atoms with Crippen molar-refractivity contribution in [3.8, 4) is 11.5 Å². The molecule has 1 saturated heterocycles. The SMILES string of the molecule is COCCN1C(=O)C(=O)C(=C(O)c2ccc3c(c2)OCCO3)[C@@H]1c1ccc(C(C)C)cc1. The number of amides is 1. The molecular formula is C25H27NO6. The maximum atomic E-state index is 13.0. The van der Waals surface area contributed by atoms with Crippen LogP contribution in [-0.4, -0.2) is 55.2 Å². The fraction of sp³-hybridized carbons (Fsp3) is 0.360. The topological polar surface area (TPSA) is 85.3 Å². The van der Waals surface area contributed by atoms with Gasteiger partial charge in [0.05, 0.1) is 18.2 Å². The van der Waals surface area contributed by atoms with Gasteiger partial charge >= 0.3 is 0 Å². The van der Waals surface area contributed by atoms with E-state index in [-0.39, 0.29) is 24.5 Å². The van der Waals surface area contributed by atoms with Gasteiger partial charge in [-0.05, 0) is 35.2 Å². The number of hydrogen-bond acceptors (Lipinski definition) is 6. The van der Waals surface area contributed by atoms with E-state index in [4.69, 9.17) is 14.2 Å². The van der Waals surface area contributed by atoms with Crippen LogP contribution in [0.5, 0.6) is 11.5 Å². The van der Waals surface area contributed by atoms with Gasteiger partial charge in [0.2, 0.25) is 0 Å². The van der Waals surface area contributed by atoms with Crippen LogP contribution >= 0.6 is 0 Å². The first-order chi connectivity index (χ1) is 15.4. The average molecular weight is 437 g/mol. The molecule has 1 N–H and O–H groups in total. The van der Waals surface area contributed by atoms with E-state index in [0.29, 0.717) is 36.2 Å². The Hall–Kier alpha value is -3.32. The van der Waals surface area contributed by atoms with Crippen molar-refractivity contribution >= 4 is 17.4 Å². The summed E-state index contributed by atoms with van der Waals surface area (Å²) >= 11 is 0. The molecule has 2 aromatic rings. The fourth-order valence-electron chi connectivity index (χ4n) is 4.06. The smallest absolute Gasteiger partial charge is 0.295 e. The van der Waals surface area contributed by atoms with E-state index in [2.05, 4.69) is 13.8 Å². The van der Waals surface area contributed by atoms with Crippen LogP contribution in [-0.2, 0) is 14.3 Å². The lowest BCUT2D eigenvalue weighted by Crippen LogP contribution is -2.32. The van der Waals surface area contributed by atoms with Crippen molar-refractivity contribution < 1.29 is 28.9 Å². The first kappa shape index (κ1) is 21.9. The Morgan fingerprint density at radius 2 is 1.78 bits per heavy atom. The minimum Gasteiger partial charge on any atom is -0.507 e. The van der Waals surface area contributed by atoms with Gasteiger partial charge < -0.3 is 24.2 Å². The molecule has 0 unspecified atom stereocenters. The Bertz CT molecular complexity index is 1060. The summed E-state index contributed by atoms with van der Waals surface area (Å²) in [5, 5.41) is 11.2. The van der Waals surface area contributed by atoms with Crippen LogP contribution < -0.4 is 9.47 Å². The molecule has 2 aliphatic rings. The number of aliphatic hydroxyl groups excluding tert-OH is 1. The maximum absolute atomic E-state index is 13.0. The second kappa shape index (κ2) is 9.04. The molecule has 7 heteroatoms. The summed E-state index contributed by atoms with van der Waals surface area (Å²) in [5.41, 5.74) is 2.35. The zero-order valence-electron chi connectivity index (χ0n) is 18.5. The van der Waals surface area contributed by atoms with Crippen LogP contribution in [0.1, 0.15) is 42.5 Å². The zero-order chi connectivity index (χ0) is 22.8. The van der Waals surface area contributed by atoms with E-state index < -0.39 is 17.7 Å². The Kier molecular flexibility index (Phi) is 6.19. The lowest BCUT2D eigenvalue weighted by atomic mass is 9.93. The van der Waals surface area contributed by atoms with Crippen LogP contribution in [0.25, 0.3) is 5.76 Å². The number of ketones is 1. The number of carbonyl (C=O) groups excluding carboxylic acids is 2. The van der Waals surface area contributed by atoms with E-state index in [9.17, 15) is 14.7 Å². The van der Waals surface area contributed by atoms with Gasteiger partial charge in [-0.15, -0.1) is 0 Å². The Labute approximate surface area is 187 Å². The van der Waals surface area contributed by atoms with E-state index in [1.807, 2.05) is 24.3 Å². The van der Waals surface area contributed by atoms with Gasteiger partial charge in [-0.3, -0.25) is 9.59 Å². The maximum Gasteiger partial charge on any atom is 0.295 e. The Morgan fingerprint density at radius 1 is 1.09 bits per heavy atom. The molecule has 0 radical (unpaired) electrons. The Balaban J connectivity index is 1.81. The molecule has 0 bridgehead atoms. The fourth-order valence-corrected chi connectivity index (χ4v) is 4.06. The predicted molar refractivity (Wildman–Crippen MR) is 119 cm³/mol. The number of carbonyl (C=O) groups is 2. The predicted octanol–water partition coefficient (Wildman–Crippen LogP) is 3.65. The average Bonchev–Trinajstić information content (AvgIpc) is 3.06. The highest BCUT2D eigenvalue weighted by molar-refractivity contribution is 6.46. The third-order valence-electron chi connectivity index (χ3n) is 5.81. The van der Waals surface area contributed by atoms with E-state index in [1.54, 1.807) is 18.2 Å². The summed E-state index contributed by atoms with van der Waals surface area (Å²) in [4.78, 5) is 27.4. The highest BCUT2D eigenvalue weighted by atomic mass is 16.6. The molecule has 0 aliphatic carbocycles. The quantitative estimate of drug-likeness (QED) is 0.422. The van der Waals surface area contributed by atoms with Crippen LogP contribution in [0.4, 0.5) is 0 Å². The van der Waals surface area contributed by atoms with Crippen molar-refractivity contribution in [1.29, 1.82) is 0 Å². The minimum atomic E-state index is -0.716. The standard InChI is InChI=1S/C25H27NO6/c1-15(2)16-4-6-17(7-5-16)22-21(24(28)25(29)26(22)10-11-30-3)23(27)18-8-9-19-20(14-18)32-13-12-31-19/h4-9,14-15,22,27H,10-13H2,1-3H3/t22-/m0/s1. The third kappa shape index (κ3) is 3.96. The van der Waals surface area contributed by atoms with Gasteiger partial charge in [0.15, 0.2) is 11.5 Å². The molecule has 2 aromatic carbocycles. The first-order valence-corrected chi connectivity index (χ1v) is 10.7. The molecule has 168 valence electrons. The lowest BCUT2D eigenvalue weighted by Gasteiger charge is -2.25. The van der Waals surface area contributed by atoms with Gasteiger partial charge in [-0.2, -0.15) is 0 Å². The normalized spacial score (nSPS) is 19.6. The molecule has 1 fully saturated rings. The Morgan fingerprint density at radius 3 is 2.44 bits per heavy atom. The van der Waals surface area contributed by atoms with Crippen LogP contribution in [0, 0.1) is 0 Å². The summed E-state index contributed by atoms with van der Waals surface area (Å²) in [7, 11) is 1.54. The van der Waals surface area contributed by atoms with Crippen molar-refractivity contribution in [1.82, 2.24) is 4.90 Å². The molecule has 0 spiro atoms. The molecule has 0 aromatic heterocycles. The molecule has 7 nitrogen and oxygen atoms in total. The molecule has 0 saturated carbocycles. The molecule has 32 heavy (non-hydrogen) atoms. The number of rotatable bonds is 6. The number of likely N-dealkylation sites (tertiary alicyclic amines) is 1. The number of fused-ring (bicyclic) bond motifs is 1. The van der Waals surface area contributed by atoms with Gasteiger partial charge in [0, 0.05) is 19.2 Å². The minimum absolute atomic E-state index is 0.0556. The van der Waals surface area contributed by atoms with Gasteiger partial charge in [0.25, 0.3) is 11.7 Å². The third-order valence-corrected chi connectivity index (χ3v) is 5.81. The van der Waals surface area contributed by atoms with E-state index in [0.717, 1.165) is 11.1 Å². The van der Waals surface area contributed by atoms with Gasteiger partial charge in [0.1, 0.15) is 19.0 Å². The summed E-state index contributed by atoms with van der Waals surface area (Å²) in [5.74, 6) is -0.189. The number of methoxy groups -OCH3 is 1. The van der Waals surface area contributed by atoms with Gasteiger partial charge in [-0.1, -0.05) is 38.1 Å². The molecule has 2 aliphatic heterocycles. The van der Waals surface area contributed by atoms with Crippen LogP contribution in [0.15, 0.2) is 48.0 Å². The van der Waals surface area contributed by atoms with Crippen molar-refractivity contribution in [2.45, 2.75) is 25.8 Å². The number of hydrogen-bond donors (Lipinski definition) is 1. The van der Waals surface area contributed by atoms with Gasteiger partial charge in [-0.25, -0.2) is 0 Å². The number of Topliss-reactive ketones (excluding diaryl/α,β-unsaturated/α-hetero) is 1. The van der Waals surface area contributed by atoms with E-state index >= 15 is 0 Å². The molecule has 4 rings (SSSR count). The highest BCUT2D eigenvalue weighted by Crippen LogP contribution is 2.41. The summed E-state index contributed by atoms with van der Waals surface area (Å²) in [6.45, 7) is 5.56. The van der Waals surface area contributed by atoms with Crippen LogP contribution in [0.3, 0.4) is 0 Å². The number of ether oxygens (including phenoxy) is 3. The second-order valence-electron chi connectivity index (χ2n) is 8.17. The monoisotopic (exact) mass is 437 g/mol. The largest absolute Gasteiger partial charge is 0.507 e. The van der Waals surface area contributed by atoms with Crippen molar-refractivity contribution in [3.05, 3.63) is 64.7 Å². The van der Waals surface area contributed by atoms with E-state index in [1.165, 1.54) is 12.0 Å². The number of benzene rings is 2. The molecular weight excluding hydrogens is 410 g/mol. The van der Waals surface area contributed by atoms with Crippen LogP contribution in [0.2, 0.25) is 0 Å². The number of nitrogens with zero attached hydrogens (tertiary/aromatic N) is 1. The number of aliphatic hydroxyl groups is 1. The molecule has 1 amide bonds. The molecule has 2 heterocycles. The molecule has 1 atom stereocenters.